The third-order valence-electron chi connectivity index (χ3n) is 5.12. The minimum absolute atomic E-state index is 0.0702. The summed E-state index contributed by atoms with van der Waals surface area (Å²) in [5.74, 6) is -1.17. The third kappa shape index (κ3) is 7.06. The van der Waals surface area contributed by atoms with Crippen molar-refractivity contribution in [3.63, 3.8) is 0 Å². The number of aryl methyl sites for hydroxylation is 1. The minimum Gasteiger partial charge on any atom is -0.507 e. The van der Waals surface area contributed by atoms with Gasteiger partial charge < -0.3 is 19.7 Å². The molecule has 158 valence electrons. The second-order valence-corrected chi connectivity index (χ2v) is 7.42. The maximum atomic E-state index is 12.8. The van der Waals surface area contributed by atoms with Crippen molar-refractivity contribution in [2.45, 2.75) is 57.7 Å². The molecule has 2 rings (SSSR count). The molecule has 1 aromatic rings. The molecule has 1 aromatic carbocycles. The lowest BCUT2D eigenvalue weighted by molar-refractivity contribution is -0.136. The Balaban J connectivity index is 2.19. The molecule has 0 amide bonds. The van der Waals surface area contributed by atoms with E-state index in [1.54, 1.807) is 12.1 Å². The van der Waals surface area contributed by atoms with E-state index in [4.69, 9.17) is 9.47 Å². The Morgan fingerprint density at radius 3 is 2.93 bits per heavy atom. The molecule has 1 aliphatic rings. The molecule has 6 nitrogen and oxygen atoms in total. The van der Waals surface area contributed by atoms with Crippen LogP contribution in [-0.4, -0.2) is 41.0 Å². The number of cyclic esters (lactones) is 1. The van der Waals surface area contributed by atoms with Crippen LogP contribution in [0.2, 0.25) is 0 Å². The van der Waals surface area contributed by atoms with Gasteiger partial charge in [-0.25, -0.2) is 9.59 Å². The van der Waals surface area contributed by atoms with Crippen molar-refractivity contribution in [2.24, 2.45) is 5.92 Å². The van der Waals surface area contributed by atoms with E-state index >= 15 is 0 Å². The van der Waals surface area contributed by atoms with Gasteiger partial charge in [0.25, 0.3) is 0 Å². The second kappa shape index (κ2) is 11.4. The van der Waals surface area contributed by atoms with Crippen LogP contribution in [0.25, 0.3) is 0 Å². The SMILES string of the molecule is C=CCOC(=O)C=CC[C@H]1C[C@@H](O)[C@@H](C)CCCCc2cccc(O)c2C(=O)O1. The van der Waals surface area contributed by atoms with Crippen LogP contribution in [0, 0.1) is 5.92 Å². The average Bonchev–Trinajstić information content (AvgIpc) is 2.68. The zero-order chi connectivity index (χ0) is 21.2. The van der Waals surface area contributed by atoms with E-state index in [-0.39, 0.29) is 36.7 Å². The average molecular weight is 402 g/mol. The summed E-state index contributed by atoms with van der Waals surface area (Å²) in [6, 6.07) is 5.01. The maximum absolute atomic E-state index is 12.8. The fraction of sp³-hybridized carbons (Fsp3) is 0.478. The summed E-state index contributed by atoms with van der Waals surface area (Å²) >= 11 is 0. The van der Waals surface area contributed by atoms with Crippen LogP contribution < -0.4 is 0 Å². The number of carbonyl (C=O) groups is 2. The lowest BCUT2D eigenvalue weighted by Gasteiger charge is -2.25. The molecule has 29 heavy (non-hydrogen) atoms. The zero-order valence-corrected chi connectivity index (χ0v) is 16.9. The highest BCUT2D eigenvalue weighted by molar-refractivity contribution is 5.94. The van der Waals surface area contributed by atoms with Crippen LogP contribution >= 0.6 is 0 Å². The fourth-order valence-corrected chi connectivity index (χ4v) is 3.41. The predicted octanol–water partition coefficient (Wildman–Crippen LogP) is 3.71. The first kappa shape index (κ1) is 22.7. The summed E-state index contributed by atoms with van der Waals surface area (Å²) in [5, 5.41) is 20.7. The fourth-order valence-electron chi connectivity index (χ4n) is 3.41. The van der Waals surface area contributed by atoms with Gasteiger partial charge >= 0.3 is 11.9 Å². The molecule has 6 heteroatoms. The molecule has 0 aromatic heterocycles. The zero-order valence-electron chi connectivity index (χ0n) is 16.9. The van der Waals surface area contributed by atoms with Gasteiger partial charge in [0.1, 0.15) is 24.0 Å². The molecule has 0 fully saturated rings. The number of hydrogen-bond donors (Lipinski definition) is 2. The summed E-state index contributed by atoms with van der Waals surface area (Å²) in [6.07, 6.45) is 6.86. The van der Waals surface area contributed by atoms with Crippen LogP contribution in [0.1, 0.15) is 54.9 Å². The van der Waals surface area contributed by atoms with Crippen LogP contribution in [0.4, 0.5) is 0 Å². The molecule has 2 N–H and O–H groups in total. The first-order valence-electron chi connectivity index (χ1n) is 10.1. The van der Waals surface area contributed by atoms with E-state index in [9.17, 15) is 19.8 Å². The molecule has 0 aliphatic carbocycles. The highest BCUT2D eigenvalue weighted by atomic mass is 16.5. The minimum atomic E-state index is -0.629. The van der Waals surface area contributed by atoms with Gasteiger partial charge in [-0.15, -0.1) is 0 Å². The number of aliphatic hydroxyl groups excluding tert-OH is 1. The van der Waals surface area contributed by atoms with E-state index in [2.05, 4.69) is 6.58 Å². The molecule has 3 atom stereocenters. The first-order valence-corrected chi connectivity index (χ1v) is 10.1. The number of aliphatic hydroxyl groups is 1. The van der Waals surface area contributed by atoms with Gasteiger partial charge in [0.15, 0.2) is 0 Å². The van der Waals surface area contributed by atoms with Gasteiger partial charge in [-0.05, 0) is 36.8 Å². The van der Waals surface area contributed by atoms with E-state index in [1.807, 2.05) is 13.0 Å². The van der Waals surface area contributed by atoms with Crippen LogP contribution in [-0.2, 0) is 20.7 Å². The Labute approximate surface area is 171 Å². The molecular formula is C23H30O6. The summed E-state index contributed by atoms with van der Waals surface area (Å²) in [6.45, 7) is 5.58. The molecule has 0 saturated heterocycles. The number of ether oxygens (including phenoxy) is 2. The number of carbonyl (C=O) groups excluding carboxylic acids is 2. The van der Waals surface area contributed by atoms with E-state index in [1.165, 1.54) is 18.2 Å². The number of rotatable bonds is 5. The van der Waals surface area contributed by atoms with Gasteiger partial charge in [-0.3, -0.25) is 0 Å². The summed E-state index contributed by atoms with van der Waals surface area (Å²) < 4.78 is 10.5. The largest absolute Gasteiger partial charge is 0.507 e. The Morgan fingerprint density at radius 1 is 1.38 bits per heavy atom. The molecule has 1 aliphatic heterocycles. The van der Waals surface area contributed by atoms with E-state index < -0.39 is 24.1 Å². The Bertz CT molecular complexity index is 739. The quantitative estimate of drug-likeness (QED) is 0.443. The number of aromatic hydroxyl groups is 1. The van der Waals surface area contributed by atoms with Gasteiger partial charge in [-0.2, -0.15) is 0 Å². The van der Waals surface area contributed by atoms with Crippen molar-refractivity contribution in [2.75, 3.05) is 6.61 Å². The van der Waals surface area contributed by atoms with Gasteiger partial charge in [0.2, 0.25) is 0 Å². The van der Waals surface area contributed by atoms with E-state index in [0.29, 0.717) is 6.42 Å². The number of phenols is 1. The van der Waals surface area contributed by atoms with Crippen molar-refractivity contribution < 1.29 is 29.3 Å². The van der Waals surface area contributed by atoms with Gasteiger partial charge in [-0.1, -0.05) is 44.2 Å². The monoisotopic (exact) mass is 402 g/mol. The first-order chi connectivity index (χ1) is 13.9. The predicted molar refractivity (Wildman–Crippen MR) is 110 cm³/mol. The Kier molecular flexibility index (Phi) is 8.93. The number of esters is 2. The van der Waals surface area contributed by atoms with Crippen molar-refractivity contribution in [3.05, 3.63) is 54.1 Å². The van der Waals surface area contributed by atoms with Crippen LogP contribution in [0.15, 0.2) is 43.0 Å². The Morgan fingerprint density at radius 2 is 2.17 bits per heavy atom. The normalized spacial score (nSPS) is 23.4. The maximum Gasteiger partial charge on any atom is 0.342 e. The Hall–Kier alpha value is -2.60. The summed E-state index contributed by atoms with van der Waals surface area (Å²) in [4.78, 5) is 24.4. The lowest BCUT2D eigenvalue weighted by atomic mass is 9.91. The number of phenolic OH excluding ortho intramolecular Hbond substituents is 1. The molecule has 1 heterocycles. The third-order valence-corrected chi connectivity index (χ3v) is 5.12. The highest BCUT2D eigenvalue weighted by Gasteiger charge is 2.26. The summed E-state index contributed by atoms with van der Waals surface area (Å²) in [5.41, 5.74) is 0.932. The standard InChI is InChI=1S/C23H30O6/c1-3-14-28-21(26)13-7-11-18-15-20(25)16(2)8-4-5-9-17-10-6-12-19(24)22(17)23(27)29-18/h3,6-7,10,12-13,16,18,20,24-25H,1,4-5,8-9,11,14-15H2,2H3/t16-,18-,20+/m0/s1. The van der Waals surface area contributed by atoms with Crippen molar-refractivity contribution >= 4 is 11.9 Å². The van der Waals surface area contributed by atoms with Crippen LogP contribution in [0.5, 0.6) is 5.75 Å². The molecule has 0 radical (unpaired) electrons. The highest BCUT2D eigenvalue weighted by Crippen LogP contribution is 2.27. The second-order valence-electron chi connectivity index (χ2n) is 7.42. The van der Waals surface area contributed by atoms with Gasteiger partial charge in [0.05, 0.1) is 6.10 Å². The van der Waals surface area contributed by atoms with Crippen LogP contribution in [0.3, 0.4) is 0 Å². The molecule has 0 bridgehead atoms. The van der Waals surface area contributed by atoms with Gasteiger partial charge in [0, 0.05) is 18.9 Å². The number of benzene rings is 1. The van der Waals surface area contributed by atoms with Crippen molar-refractivity contribution in [1.29, 1.82) is 0 Å². The number of fused-ring (bicyclic) bond motifs is 1. The smallest absolute Gasteiger partial charge is 0.342 e. The number of hydrogen-bond acceptors (Lipinski definition) is 6. The topological polar surface area (TPSA) is 93.1 Å². The molecule has 0 spiro atoms. The van der Waals surface area contributed by atoms with Crippen molar-refractivity contribution in [1.82, 2.24) is 0 Å². The lowest BCUT2D eigenvalue weighted by Crippen LogP contribution is -2.28. The molecule has 0 unspecified atom stereocenters. The molecule has 0 saturated carbocycles. The van der Waals surface area contributed by atoms with Crippen molar-refractivity contribution in [3.8, 4) is 5.75 Å². The molecular weight excluding hydrogens is 372 g/mol. The summed E-state index contributed by atoms with van der Waals surface area (Å²) in [7, 11) is 0. The van der Waals surface area contributed by atoms with E-state index in [0.717, 1.165) is 24.8 Å².